The minimum absolute atomic E-state index is 0.0463. The molecule has 4 nitrogen and oxygen atoms in total. The first-order chi connectivity index (χ1) is 12.2. The summed E-state index contributed by atoms with van der Waals surface area (Å²) in [6, 6.07) is 12.5. The van der Waals surface area contributed by atoms with Gasteiger partial charge in [-0.05, 0) is 54.1 Å². The molecule has 0 amide bonds. The minimum Gasteiger partial charge on any atom is -0.507 e. The quantitative estimate of drug-likeness (QED) is 0.385. The van der Waals surface area contributed by atoms with E-state index in [9.17, 15) is 14.7 Å². The molecule has 0 heterocycles. The van der Waals surface area contributed by atoms with E-state index in [1.807, 2.05) is 24.3 Å². The number of halogens is 3. The number of phenols is 1. The molecule has 142 valence electrons. The zero-order chi connectivity index (χ0) is 20.1. The molecular weight excluding hydrogens is 487 g/mol. The number of carbonyl (C=O) groups excluding carboxylic acids is 2. The first-order valence-corrected chi connectivity index (χ1v) is 9.71. The number of hydrogen-bond donors (Lipinski definition) is 1. The molecule has 2 aromatic rings. The molecule has 0 aliphatic heterocycles. The monoisotopic (exact) mass is 506 g/mol. The fourth-order valence-electron chi connectivity index (χ4n) is 1.49. The molecule has 0 aliphatic carbocycles. The Morgan fingerprint density at radius 1 is 1.00 bits per heavy atom. The van der Waals surface area contributed by atoms with Crippen LogP contribution in [0, 0.1) is 0 Å². The summed E-state index contributed by atoms with van der Waals surface area (Å²) in [6.07, 6.45) is 0.839. The van der Waals surface area contributed by atoms with Gasteiger partial charge in [0.1, 0.15) is 11.5 Å². The van der Waals surface area contributed by atoms with Gasteiger partial charge in [-0.3, -0.25) is 9.59 Å². The summed E-state index contributed by atoms with van der Waals surface area (Å²) in [5.41, 5.74) is 0.381. The highest BCUT2D eigenvalue weighted by Crippen LogP contribution is 2.22. The van der Waals surface area contributed by atoms with E-state index in [0.29, 0.717) is 18.4 Å². The molecule has 26 heavy (non-hydrogen) atoms. The number of aromatic hydroxyl groups is 1. The fourth-order valence-corrected chi connectivity index (χ4v) is 2.12. The SMILES string of the molecule is CCC(=O)Cl.CCC(=O)c1cc(Br)ccc1O.COc1ccc(Br)cc1. The third kappa shape index (κ3) is 10.6. The van der Waals surface area contributed by atoms with Crippen LogP contribution in [0.2, 0.25) is 0 Å². The van der Waals surface area contributed by atoms with E-state index in [4.69, 9.17) is 16.3 Å². The molecule has 1 N–H and O–H groups in total. The van der Waals surface area contributed by atoms with Crippen molar-refractivity contribution < 1.29 is 19.4 Å². The predicted octanol–water partition coefficient (Wildman–Crippen LogP) is 6.37. The number of carbonyl (C=O) groups is 2. The Balaban J connectivity index is 0.000000394. The Hall–Kier alpha value is -1.37. The van der Waals surface area contributed by atoms with Gasteiger partial charge in [-0.1, -0.05) is 45.7 Å². The standard InChI is InChI=1S/C9H9BrO2.C7H7BrO.C3H5ClO/c1-2-8(11)7-5-6(10)3-4-9(7)12;1-9-7-4-2-6(8)3-5-7;1-2-3(4)5/h3-5,12H,2H2,1H3;2-5H,1H3;2H2,1H3. The number of methoxy groups -OCH3 is 1. The Labute approximate surface area is 175 Å². The van der Waals surface area contributed by atoms with Crippen LogP contribution >= 0.6 is 43.5 Å². The second-order valence-corrected chi connectivity index (χ2v) is 7.06. The van der Waals surface area contributed by atoms with Gasteiger partial charge in [-0.25, -0.2) is 0 Å². The maximum Gasteiger partial charge on any atom is 0.221 e. The van der Waals surface area contributed by atoms with Crippen molar-refractivity contribution in [1.82, 2.24) is 0 Å². The summed E-state index contributed by atoms with van der Waals surface area (Å²) in [7, 11) is 1.66. The van der Waals surface area contributed by atoms with Crippen molar-refractivity contribution in [3.63, 3.8) is 0 Å². The molecule has 0 aliphatic rings. The number of hydrogen-bond acceptors (Lipinski definition) is 4. The number of rotatable bonds is 4. The molecule has 0 fully saturated rings. The van der Waals surface area contributed by atoms with Gasteiger partial charge in [0.15, 0.2) is 5.78 Å². The molecule has 0 saturated carbocycles. The van der Waals surface area contributed by atoms with Gasteiger partial charge < -0.3 is 9.84 Å². The maximum absolute atomic E-state index is 11.2. The van der Waals surface area contributed by atoms with Crippen molar-refractivity contribution in [2.24, 2.45) is 0 Å². The molecule has 2 aromatic carbocycles. The number of ether oxygens (including phenoxy) is 1. The molecule has 0 radical (unpaired) electrons. The highest BCUT2D eigenvalue weighted by Gasteiger charge is 2.08. The van der Waals surface area contributed by atoms with E-state index in [1.54, 1.807) is 33.1 Å². The van der Waals surface area contributed by atoms with E-state index >= 15 is 0 Å². The van der Waals surface area contributed by atoms with Gasteiger partial charge in [0.2, 0.25) is 5.24 Å². The van der Waals surface area contributed by atoms with Crippen LogP contribution < -0.4 is 4.74 Å². The third-order valence-electron chi connectivity index (χ3n) is 2.91. The summed E-state index contributed by atoms with van der Waals surface area (Å²) >= 11 is 11.4. The van der Waals surface area contributed by atoms with Crippen molar-refractivity contribution in [3.05, 3.63) is 57.0 Å². The zero-order valence-electron chi connectivity index (χ0n) is 14.8. The second-order valence-electron chi connectivity index (χ2n) is 4.80. The van der Waals surface area contributed by atoms with Crippen molar-refractivity contribution in [2.75, 3.05) is 7.11 Å². The Kier molecular flexibility index (Phi) is 13.1. The highest BCUT2D eigenvalue weighted by molar-refractivity contribution is 9.10. The first kappa shape index (κ1) is 24.6. The third-order valence-corrected chi connectivity index (χ3v) is 4.20. The van der Waals surface area contributed by atoms with E-state index < -0.39 is 0 Å². The van der Waals surface area contributed by atoms with Crippen LogP contribution in [0.5, 0.6) is 11.5 Å². The van der Waals surface area contributed by atoms with Crippen molar-refractivity contribution in [3.8, 4) is 11.5 Å². The van der Waals surface area contributed by atoms with E-state index in [1.165, 1.54) is 6.07 Å². The number of Topliss-reactive ketones (excluding diaryl/α,β-unsaturated/α-hetero) is 1. The van der Waals surface area contributed by atoms with Gasteiger partial charge in [-0.15, -0.1) is 0 Å². The molecule has 7 heteroatoms. The highest BCUT2D eigenvalue weighted by atomic mass is 79.9. The second kappa shape index (κ2) is 13.8. The van der Waals surface area contributed by atoms with Crippen LogP contribution in [0.3, 0.4) is 0 Å². The van der Waals surface area contributed by atoms with Crippen LogP contribution in [-0.2, 0) is 4.79 Å². The molecular formula is C19H21Br2ClO4. The molecule has 0 spiro atoms. The normalized spacial score (nSPS) is 9.15. The Morgan fingerprint density at radius 2 is 1.50 bits per heavy atom. The Morgan fingerprint density at radius 3 is 1.92 bits per heavy atom. The molecule has 0 saturated heterocycles. The van der Waals surface area contributed by atoms with Crippen LogP contribution in [0.4, 0.5) is 0 Å². The van der Waals surface area contributed by atoms with E-state index in [-0.39, 0.29) is 16.8 Å². The summed E-state index contributed by atoms with van der Waals surface area (Å²) in [4.78, 5) is 20.8. The molecule has 0 aromatic heterocycles. The topological polar surface area (TPSA) is 63.6 Å². The maximum atomic E-state index is 11.2. The van der Waals surface area contributed by atoms with Crippen LogP contribution in [0.1, 0.15) is 37.0 Å². The predicted molar refractivity (Wildman–Crippen MR) is 112 cm³/mol. The lowest BCUT2D eigenvalue weighted by atomic mass is 10.1. The smallest absolute Gasteiger partial charge is 0.221 e. The summed E-state index contributed by atoms with van der Waals surface area (Å²) in [5, 5.41) is 9.02. The Bertz CT molecular complexity index is 703. The van der Waals surface area contributed by atoms with Gasteiger partial charge in [-0.2, -0.15) is 0 Å². The molecule has 2 rings (SSSR count). The lowest BCUT2D eigenvalue weighted by Crippen LogP contribution is -1.96. The van der Waals surface area contributed by atoms with Crippen LogP contribution in [0.25, 0.3) is 0 Å². The minimum atomic E-state index is -0.273. The van der Waals surface area contributed by atoms with Crippen molar-refractivity contribution in [1.29, 1.82) is 0 Å². The molecule has 0 atom stereocenters. The van der Waals surface area contributed by atoms with Gasteiger partial charge in [0.25, 0.3) is 0 Å². The summed E-state index contributed by atoms with van der Waals surface area (Å²) in [5.74, 6) is 0.886. The number of ketones is 1. The molecule has 0 bridgehead atoms. The average molecular weight is 509 g/mol. The summed E-state index contributed by atoms with van der Waals surface area (Å²) in [6.45, 7) is 3.48. The molecule has 0 unspecified atom stereocenters. The van der Waals surface area contributed by atoms with Gasteiger partial charge in [0.05, 0.1) is 12.7 Å². The van der Waals surface area contributed by atoms with Crippen LogP contribution in [-0.4, -0.2) is 23.2 Å². The summed E-state index contributed by atoms with van der Waals surface area (Å²) < 4.78 is 6.82. The fraction of sp³-hybridized carbons (Fsp3) is 0.263. The lowest BCUT2D eigenvalue weighted by molar-refractivity contribution is -0.111. The first-order valence-electron chi connectivity index (χ1n) is 7.74. The van der Waals surface area contributed by atoms with Gasteiger partial charge in [0, 0.05) is 21.8 Å². The average Bonchev–Trinajstić information content (AvgIpc) is 2.64. The van der Waals surface area contributed by atoms with E-state index in [0.717, 1.165) is 14.7 Å². The van der Waals surface area contributed by atoms with Gasteiger partial charge >= 0.3 is 0 Å². The number of benzene rings is 2. The van der Waals surface area contributed by atoms with Crippen molar-refractivity contribution >= 4 is 54.5 Å². The van der Waals surface area contributed by atoms with Crippen molar-refractivity contribution in [2.45, 2.75) is 26.7 Å². The number of phenolic OH excluding ortho intramolecular Hbond substituents is 1. The lowest BCUT2D eigenvalue weighted by Gasteiger charge is -2.01. The van der Waals surface area contributed by atoms with E-state index in [2.05, 4.69) is 31.9 Å². The largest absolute Gasteiger partial charge is 0.507 e. The zero-order valence-corrected chi connectivity index (χ0v) is 18.7. The van der Waals surface area contributed by atoms with Crippen LogP contribution in [0.15, 0.2) is 51.4 Å².